The van der Waals surface area contributed by atoms with Gasteiger partial charge in [-0.3, -0.25) is 4.79 Å². The highest BCUT2D eigenvalue weighted by molar-refractivity contribution is 5.78. The van der Waals surface area contributed by atoms with Crippen LogP contribution < -0.4 is 5.32 Å². The van der Waals surface area contributed by atoms with Crippen LogP contribution in [0.4, 0.5) is 0 Å². The minimum Gasteiger partial charge on any atom is -0.389 e. The molecule has 3 rings (SSSR count). The standard InChI is InChI=1S/C18H25N3O2/c1-13(17-20-14-8-4-5-9-15(14)21(17)2)19-16(22)12-18(23)10-6-3-7-11-18/h4-5,8-9,13,23H,3,6-7,10-12H2,1-2H3,(H,19,22). The van der Waals surface area contributed by atoms with Crippen LogP contribution in [0.3, 0.4) is 0 Å². The molecule has 5 heteroatoms. The predicted molar refractivity (Wildman–Crippen MR) is 89.9 cm³/mol. The van der Waals surface area contributed by atoms with Crippen molar-refractivity contribution < 1.29 is 9.90 Å². The second-order valence-corrected chi connectivity index (χ2v) is 6.77. The van der Waals surface area contributed by atoms with Crippen LogP contribution in [-0.2, 0) is 11.8 Å². The monoisotopic (exact) mass is 315 g/mol. The molecule has 1 fully saturated rings. The van der Waals surface area contributed by atoms with Gasteiger partial charge in [-0.15, -0.1) is 0 Å². The van der Waals surface area contributed by atoms with Crippen molar-refractivity contribution in [2.45, 2.75) is 57.1 Å². The minimum atomic E-state index is -0.825. The van der Waals surface area contributed by atoms with Crippen molar-refractivity contribution in [3.63, 3.8) is 0 Å². The second-order valence-electron chi connectivity index (χ2n) is 6.77. The Hall–Kier alpha value is -1.88. The van der Waals surface area contributed by atoms with E-state index in [-0.39, 0.29) is 18.4 Å². The Labute approximate surface area is 136 Å². The number of fused-ring (bicyclic) bond motifs is 1. The van der Waals surface area contributed by atoms with Crippen molar-refractivity contribution >= 4 is 16.9 Å². The van der Waals surface area contributed by atoms with Gasteiger partial charge in [0.15, 0.2) is 0 Å². The van der Waals surface area contributed by atoms with E-state index in [1.54, 1.807) is 0 Å². The number of imidazole rings is 1. The Balaban J connectivity index is 1.69. The number of nitrogens with zero attached hydrogens (tertiary/aromatic N) is 2. The van der Waals surface area contributed by atoms with Gasteiger partial charge in [0, 0.05) is 7.05 Å². The highest BCUT2D eigenvalue weighted by Gasteiger charge is 2.32. The number of carbonyl (C=O) groups is 1. The fourth-order valence-electron chi connectivity index (χ4n) is 3.59. The summed E-state index contributed by atoms with van der Waals surface area (Å²) in [7, 11) is 1.96. The number of carbonyl (C=O) groups excluding carboxylic acids is 1. The second kappa shape index (κ2) is 6.32. The number of hydrogen-bond donors (Lipinski definition) is 2. The molecule has 1 amide bonds. The molecule has 2 aromatic rings. The van der Waals surface area contributed by atoms with E-state index in [9.17, 15) is 9.90 Å². The summed E-state index contributed by atoms with van der Waals surface area (Å²) in [6.45, 7) is 1.93. The largest absolute Gasteiger partial charge is 0.389 e. The van der Waals surface area contributed by atoms with Gasteiger partial charge in [0.2, 0.25) is 5.91 Å². The summed E-state index contributed by atoms with van der Waals surface area (Å²) < 4.78 is 2.01. The van der Waals surface area contributed by atoms with E-state index < -0.39 is 5.60 Å². The van der Waals surface area contributed by atoms with Gasteiger partial charge in [0.1, 0.15) is 5.82 Å². The van der Waals surface area contributed by atoms with Gasteiger partial charge in [-0.1, -0.05) is 31.4 Å². The molecule has 1 aromatic carbocycles. The average Bonchev–Trinajstić information content (AvgIpc) is 2.85. The number of benzene rings is 1. The SMILES string of the molecule is CC(NC(=O)CC1(O)CCCCC1)c1nc2ccccc2n1C. The van der Waals surface area contributed by atoms with Crippen LogP contribution in [0, 0.1) is 0 Å². The van der Waals surface area contributed by atoms with Gasteiger partial charge >= 0.3 is 0 Å². The first-order valence-corrected chi connectivity index (χ1v) is 8.42. The molecule has 0 aliphatic heterocycles. The molecule has 0 saturated heterocycles. The Bertz CT molecular complexity index is 701. The van der Waals surface area contributed by atoms with Crippen LogP contribution in [-0.4, -0.2) is 26.2 Å². The lowest BCUT2D eigenvalue weighted by Gasteiger charge is -2.31. The molecular formula is C18H25N3O2. The van der Waals surface area contributed by atoms with Crippen LogP contribution in [0.15, 0.2) is 24.3 Å². The molecule has 1 atom stereocenters. The van der Waals surface area contributed by atoms with Crippen LogP contribution in [0.2, 0.25) is 0 Å². The summed E-state index contributed by atoms with van der Waals surface area (Å²) in [5.74, 6) is 0.726. The third kappa shape index (κ3) is 3.39. The Morgan fingerprint density at radius 1 is 1.35 bits per heavy atom. The summed E-state index contributed by atoms with van der Waals surface area (Å²) in [5.41, 5.74) is 1.15. The van der Waals surface area contributed by atoms with Crippen molar-refractivity contribution in [1.29, 1.82) is 0 Å². The third-order valence-electron chi connectivity index (χ3n) is 4.86. The molecule has 23 heavy (non-hydrogen) atoms. The van der Waals surface area contributed by atoms with E-state index >= 15 is 0 Å². The number of para-hydroxylation sites is 2. The number of aliphatic hydroxyl groups is 1. The lowest BCUT2D eigenvalue weighted by molar-refractivity contribution is -0.128. The number of hydrogen-bond acceptors (Lipinski definition) is 3. The molecule has 5 nitrogen and oxygen atoms in total. The van der Waals surface area contributed by atoms with E-state index in [1.807, 2.05) is 42.8 Å². The minimum absolute atomic E-state index is 0.103. The van der Waals surface area contributed by atoms with E-state index in [4.69, 9.17) is 0 Å². The molecule has 0 radical (unpaired) electrons. The predicted octanol–water partition coefficient (Wildman–Crippen LogP) is 2.84. The van der Waals surface area contributed by atoms with Gasteiger partial charge in [-0.2, -0.15) is 0 Å². The van der Waals surface area contributed by atoms with Gasteiger partial charge in [0.05, 0.1) is 29.1 Å². The molecule has 1 aromatic heterocycles. The lowest BCUT2D eigenvalue weighted by Crippen LogP contribution is -2.39. The zero-order chi connectivity index (χ0) is 16.4. The molecule has 1 aliphatic rings. The Kier molecular flexibility index (Phi) is 4.39. The molecule has 124 valence electrons. The van der Waals surface area contributed by atoms with Crippen molar-refractivity contribution in [2.24, 2.45) is 7.05 Å². The van der Waals surface area contributed by atoms with Crippen molar-refractivity contribution in [3.05, 3.63) is 30.1 Å². The van der Waals surface area contributed by atoms with E-state index in [0.717, 1.165) is 49.0 Å². The molecule has 1 heterocycles. The van der Waals surface area contributed by atoms with Gasteiger partial charge in [-0.05, 0) is 31.9 Å². The molecule has 2 N–H and O–H groups in total. The topological polar surface area (TPSA) is 67.2 Å². The third-order valence-corrected chi connectivity index (χ3v) is 4.86. The average molecular weight is 315 g/mol. The molecule has 1 unspecified atom stereocenters. The summed E-state index contributed by atoms with van der Waals surface area (Å²) in [4.78, 5) is 16.9. The fourth-order valence-corrected chi connectivity index (χ4v) is 3.59. The van der Waals surface area contributed by atoms with Crippen LogP contribution >= 0.6 is 0 Å². The number of rotatable bonds is 4. The maximum absolute atomic E-state index is 12.3. The molecule has 1 saturated carbocycles. The van der Waals surface area contributed by atoms with Crippen molar-refractivity contribution in [2.75, 3.05) is 0 Å². The van der Waals surface area contributed by atoms with Crippen LogP contribution in [0.5, 0.6) is 0 Å². The molecular weight excluding hydrogens is 290 g/mol. The fraction of sp³-hybridized carbons (Fsp3) is 0.556. The van der Waals surface area contributed by atoms with E-state index in [1.165, 1.54) is 0 Å². The first kappa shape index (κ1) is 16.0. The Morgan fingerprint density at radius 2 is 2.04 bits per heavy atom. The highest BCUT2D eigenvalue weighted by Crippen LogP contribution is 2.31. The Morgan fingerprint density at radius 3 is 2.74 bits per heavy atom. The van der Waals surface area contributed by atoms with E-state index in [0.29, 0.717) is 0 Å². The maximum atomic E-state index is 12.3. The summed E-state index contributed by atoms with van der Waals surface area (Å²) in [5, 5.41) is 13.5. The number of aryl methyl sites for hydroxylation is 1. The summed E-state index contributed by atoms with van der Waals surface area (Å²) >= 11 is 0. The molecule has 1 aliphatic carbocycles. The normalized spacial score (nSPS) is 18.7. The van der Waals surface area contributed by atoms with E-state index in [2.05, 4.69) is 10.3 Å². The van der Waals surface area contributed by atoms with Crippen molar-refractivity contribution in [1.82, 2.24) is 14.9 Å². The number of aromatic nitrogens is 2. The van der Waals surface area contributed by atoms with Crippen LogP contribution in [0.1, 0.15) is 57.3 Å². The lowest BCUT2D eigenvalue weighted by atomic mass is 9.82. The van der Waals surface area contributed by atoms with Gasteiger partial charge < -0.3 is 15.0 Å². The van der Waals surface area contributed by atoms with Crippen molar-refractivity contribution in [3.8, 4) is 0 Å². The molecule has 0 spiro atoms. The first-order chi connectivity index (χ1) is 11.0. The van der Waals surface area contributed by atoms with Gasteiger partial charge in [-0.25, -0.2) is 4.98 Å². The van der Waals surface area contributed by atoms with Crippen LogP contribution in [0.25, 0.3) is 11.0 Å². The highest BCUT2D eigenvalue weighted by atomic mass is 16.3. The van der Waals surface area contributed by atoms with Gasteiger partial charge in [0.25, 0.3) is 0 Å². The zero-order valence-corrected chi connectivity index (χ0v) is 13.9. The maximum Gasteiger partial charge on any atom is 0.223 e. The first-order valence-electron chi connectivity index (χ1n) is 8.42. The quantitative estimate of drug-likeness (QED) is 0.911. The summed E-state index contributed by atoms with van der Waals surface area (Å²) in [6.07, 6.45) is 4.79. The smallest absolute Gasteiger partial charge is 0.223 e. The number of amides is 1. The summed E-state index contributed by atoms with van der Waals surface area (Å²) in [6, 6.07) is 7.74. The zero-order valence-electron chi connectivity index (χ0n) is 13.9. The number of nitrogens with one attached hydrogen (secondary N) is 1. The molecule has 0 bridgehead atoms.